The number of nitrogens with zero attached hydrogens (tertiary/aromatic N) is 2. The fraction of sp³-hybridized carbons (Fsp3) is 1.00. The number of hydrogen-bond donors (Lipinski definition) is 0. The molecular weight excluding hydrogens is 140 g/mol. The van der Waals surface area contributed by atoms with Gasteiger partial charge < -0.3 is 0 Å². The van der Waals surface area contributed by atoms with Crippen LogP contribution in [0.2, 0.25) is 0 Å². The van der Waals surface area contributed by atoms with Crippen molar-refractivity contribution in [2.24, 2.45) is 9.63 Å². The first-order valence-corrected chi connectivity index (χ1v) is 4.19. The van der Waals surface area contributed by atoms with Crippen molar-refractivity contribution in [1.29, 1.82) is 0 Å². The van der Waals surface area contributed by atoms with Crippen LogP contribution in [0.15, 0.2) is 9.63 Å². The van der Waals surface area contributed by atoms with Gasteiger partial charge in [-0.3, -0.25) is 0 Å². The van der Waals surface area contributed by atoms with Crippen molar-refractivity contribution < 1.29 is 8.42 Å². The zero-order valence-corrected chi connectivity index (χ0v) is 6.14. The van der Waals surface area contributed by atoms with Crippen LogP contribution in [0, 0.1) is 0 Å². The molecule has 0 bridgehead atoms. The van der Waals surface area contributed by atoms with Crippen molar-refractivity contribution in [3.63, 3.8) is 0 Å². The van der Waals surface area contributed by atoms with Crippen LogP contribution in [0.3, 0.4) is 0 Å². The molecule has 0 aromatic heterocycles. The molecule has 9 heavy (non-hydrogen) atoms. The lowest BCUT2D eigenvalue weighted by atomic mass is 10.1. The smallest absolute Gasteiger partial charge is 0.203 e. The van der Waals surface area contributed by atoms with Gasteiger partial charge in [-0.2, -0.15) is 5.11 Å². The third kappa shape index (κ3) is 1.48. The van der Waals surface area contributed by atoms with E-state index in [1.54, 1.807) is 13.8 Å². The van der Waals surface area contributed by atoms with Gasteiger partial charge in [0.1, 0.15) is 0 Å². The van der Waals surface area contributed by atoms with E-state index in [0.29, 0.717) is 0 Å². The normalized spacial score (nSPS) is 28.7. The summed E-state index contributed by atoms with van der Waals surface area (Å²) in [6.07, 6.45) is 0. The fourth-order valence-electron chi connectivity index (χ4n) is 0.677. The molecule has 0 saturated carbocycles. The summed E-state index contributed by atoms with van der Waals surface area (Å²) in [6, 6.07) is 0. The topological polar surface area (TPSA) is 58.9 Å². The summed E-state index contributed by atoms with van der Waals surface area (Å²) in [6.45, 7) is 3.47. The molecule has 1 aliphatic rings. The molecule has 0 saturated heterocycles. The molecule has 0 aromatic rings. The van der Waals surface area contributed by atoms with Crippen LogP contribution >= 0.6 is 0 Å². The second kappa shape index (κ2) is 1.53. The molecule has 1 rings (SSSR count). The quantitative estimate of drug-likeness (QED) is 0.504. The van der Waals surface area contributed by atoms with Crippen LogP contribution in [-0.2, 0) is 10.0 Å². The highest BCUT2D eigenvalue weighted by molar-refractivity contribution is 7.90. The molecule has 0 aliphatic carbocycles. The maximum absolute atomic E-state index is 10.6. The average molecular weight is 148 g/mol. The summed E-state index contributed by atoms with van der Waals surface area (Å²) in [7, 11) is -3.20. The highest BCUT2D eigenvalue weighted by Crippen LogP contribution is 2.21. The molecule has 0 radical (unpaired) electrons. The predicted molar refractivity (Wildman–Crippen MR) is 32.7 cm³/mol. The van der Waals surface area contributed by atoms with E-state index in [2.05, 4.69) is 9.63 Å². The fourth-order valence-corrected chi connectivity index (χ4v) is 2.03. The number of hydrogen-bond acceptors (Lipinski definition) is 3. The van der Waals surface area contributed by atoms with Crippen LogP contribution in [0.25, 0.3) is 0 Å². The molecule has 0 unspecified atom stereocenters. The van der Waals surface area contributed by atoms with Crippen LogP contribution in [0.1, 0.15) is 13.8 Å². The van der Waals surface area contributed by atoms with Crippen molar-refractivity contribution in [2.75, 3.05) is 5.75 Å². The summed E-state index contributed by atoms with van der Waals surface area (Å²) in [5.41, 5.74) is -0.501. The van der Waals surface area contributed by atoms with E-state index in [-0.39, 0.29) is 5.75 Å². The van der Waals surface area contributed by atoms with E-state index in [9.17, 15) is 8.42 Å². The summed E-state index contributed by atoms with van der Waals surface area (Å²) >= 11 is 0. The molecular formula is C4H8N2O2S. The SMILES string of the molecule is CC1(C)CS(=O)(=O)N=N1. The molecule has 52 valence electrons. The van der Waals surface area contributed by atoms with Crippen LogP contribution in [0.4, 0.5) is 0 Å². The summed E-state index contributed by atoms with van der Waals surface area (Å²) < 4.78 is 24.3. The van der Waals surface area contributed by atoms with Crippen molar-refractivity contribution in [3.05, 3.63) is 0 Å². The summed E-state index contributed by atoms with van der Waals surface area (Å²) in [4.78, 5) is 0. The third-order valence-corrected chi connectivity index (χ3v) is 2.37. The molecule has 4 nitrogen and oxygen atoms in total. The third-order valence-electron chi connectivity index (χ3n) is 0.972. The molecule has 0 aromatic carbocycles. The van der Waals surface area contributed by atoms with Crippen molar-refractivity contribution in [2.45, 2.75) is 19.4 Å². The van der Waals surface area contributed by atoms with Crippen LogP contribution in [-0.4, -0.2) is 19.7 Å². The molecule has 0 N–H and O–H groups in total. The lowest BCUT2D eigenvalue weighted by Gasteiger charge is -2.05. The monoisotopic (exact) mass is 148 g/mol. The Morgan fingerprint density at radius 2 is 2.00 bits per heavy atom. The van der Waals surface area contributed by atoms with E-state index in [0.717, 1.165) is 0 Å². The molecule has 5 heteroatoms. The van der Waals surface area contributed by atoms with Gasteiger partial charge in [0, 0.05) is 0 Å². The van der Waals surface area contributed by atoms with Crippen LogP contribution in [0.5, 0.6) is 0 Å². The standard InChI is InChI=1S/C4H8N2O2S/c1-4(2)3-9(7,8)6-5-4/h3H2,1-2H3. The number of sulfonamides is 1. The van der Waals surface area contributed by atoms with E-state index in [1.807, 2.05) is 0 Å². The van der Waals surface area contributed by atoms with Gasteiger partial charge in [0.05, 0.1) is 11.3 Å². The molecule has 1 aliphatic heterocycles. The Bertz CT molecular complexity index is 239. The van der Waals surface area contributed by atoms with Crippen molar-refractivity contribution >= 4 is 10.0 Å². The predicted octanol–water partition coefficient (Wildman–Crippen LogP) is 0.561. The maximum atomic E-state index is 10.6. The maximum Gasteiger partial charge on any atom is 0.272 e. The van der Waals surface area contributed by atoms with Gasteiger partial charge in [0.15, 0.2) is 0 Å². The first-order chi connectivity index (χ1) is 3.91. The minimum atomic E-state index is -3.20. The second-order valence-corrected chi connectivity index (χ2v) is 4.34. The lowest BCUT2D eigenvalue weighted by molar-refractivity contribution is 0.568. The van der Waals surface area contributed by atoms with E-state index < -0.39 is 15.6 Å². The van der Waals surface area contributed by atoms with E-state index in [1.165, 1.54) is 0 Å². The van der Waals surface area contributed by atoms with Gasteiger partial charge in [-0.25, -0.2) is 8.42 Å². The Labute approximate surface area is 54.0 Å². The molecule has 0 atom stereocenters. The van der Waals surface area contributed by atoms with Gasteiger partial charge in [-0.15, -0.1) is 0 Å². The van der Waals surface area contributed by atoms with Gasteiger partial charge in [-0.05, 0) is 13.8 Å². The largest absolute Gasteiger partial charge is 0.272 e. The molecule has 0 amide bonds. The highest BCUT2D eigenvalue weighted by Gasteiger charge is 2.31. The van der Waals surface area contributed by atoms with Crippen molar-refractivity contribution in [3.8, 4) is 0 Å². The zero-order chi connectivity index (χ0) is 7.12. The average Bonchev–Trinajstić information content (AvgIpc) is 1.78. The Morgan fingerprint density at radius 1 is 1.44 bits per heavy atom. The number of rotatable bonds is 0. The second-order valence-electron chi connectivity index (χ2n) is 2.72. The van der Waals surface area contributed by atoms with Crippen LogP contribution < -0.4 is 0 Å². The lowest BCUT2D eigenvalue weighted by Crippen LogP contribution is -2.20. The van der Waals surface area contributed by atoms with Gasteiger partial charge >= 0.3 is 0 Å². The van der Waals surface area contributed by atoms with Gasteiger partial charge in [0.2, 0.25) is 0 Å². The van der Waals surface area contributed by atoms with Gasteiger partial charge in [0.25, 0.3) is 10.0 Å². The Kier molecular flexibility index (Phi) is 1.13. The van der Waals surface area contributed by atoms with Crippen molar-refractivity contribution in [1.82, 2.24) is 0 Å². The van der Waals surface area contributed by atoms with E-state index in [4.69, 9.17) is 0 Å². The minimum Gasteiger partial charge on any atom is -0.203 e. The molecule has 1 heterocycles. The van der Waals surface area contributed by atoms with E-state index >= 15 is 0 Å². The summed E-state index contributed by atoms with van der Waals surface area (Å²) in [5.74, 6) is 0.0417. The Balaban J connectivity index is 2.97. The minimum absolute atomic E-state index is 0.0417. The molecule has 0 spiro atoms. The Hall–Kier alpha value is -0.450. The zero-order valence-electron chi connectivity index (χ0n) is 5.33. The first-order valence-electron chi connectivity index (χ1n) is 2.58. The summed E-state index contributed by atoms with van der Waals surface area (Å²) in [5, 5.41) is 3.56. The highest BCUT2D eigenvalue weighted by atomic mass is 32.2. The Morgan fingerprint density at radius 3 is 2.11 bits per heavy atom. The van der Waals surface area contributed by atoms with Gasteiger partial charge in [-0.1, -0.05) is 4.52 Å². The first kappa shape index (κ1) is 6.67. The molecule has 0 fully saturated rings.